The van der Waals surface area contributed by atoms with Crippen LogP contribution in [0, 0.1) is 5.92 Å². The Morgan fingerprint density at radius 2 is 2.15 bits per heavy atom. The van der Waals surface area contributed by atoms with Gasteiger partial charge >= 0.3 is 0 Å². The van der Waals surface area contributed by atoms with Crippen LogP contribution < -0.4 is 20.7 Å². The number of nitrogens with zero attached hydrogens (tertiary/aromatic N) is 4. The van der Waals surface area contributed by atoms with E-state index in [4.69, 9.17) is 18.5 Å². The molecule has 33 heavy (non-hydrogen) atoms. The van der Waals surface area contributed by atoms with Crippen molar-refractivity contribution in [3.05, 3.63) is 35.9 Å². The minimum absolute atomic E-state index is 0.0716. The molecule has 0 radical (unpaired) electrons. The Balaban J connectivity index is 1.70. The van der Waals surface area contributed by atoms with Gasteiger partial charge in [0.05, 0.1) is 37.1 Å². The Hall–Kier alpha value is -4.06. The van der Waals surface area contributed by atoms with Crippen LogP contribution in [0.2, 0.25) is 0 Å². The predicted molar refractivity (Wildman–Crippen MR) is 117 cm³/mol. The van der Waals surface area contributed by atoms with Gasteiger partial charge in [-0.25, -0.2) is 0 Å². The monoisotopic (exact) mass is 456 g/mol. The number of aromatic nitrogens is 4. The molecule has 0 aliphatic heterocycles. The van der Waals surface area contributed by atoms with Crippen LogP contribution in [0.1, 0.15) is 33.3 Å². The van der Waals surface area contributed by atoms with Crippen LogP contribution >= 0.6 is 0 Å². The topological polar surface area (TPSA) is 164 Å². The predicted octanol–water partition coefficient (Wildman–Crippen LogP) is 1.52. The minimum Gasteiger partial charge on any atom is -0.494 e. The van der Waals surface area contributed by atoms with E-state index in [-0.39, 0.29) is 59.5 Å². The number of rotatable bonds is 9. The van der Waals surface area contributed by atoms with Crippen molar-refractivity contribution in [3.63, 3.8) is 0 Å². The zero-order valence-electron chi connectivity index (χ0n) is 20.6. The Kier molecular flexibility index (Phi) is 5.39. The fourth-order valence-electron chi connectivity index (χ4n) is 3.09. The van der Waals surface area contributed by atoms with Crippen molar-refractivity contribution in [1.29, 1.82) is 0 Å². The number of anilines is 3. The summed E-state index contributed by atoms with van der Waals surface area (Å²) in [6.45, 7) is -2.91. The molecule has 1 aliphatic rings. The molecule has 2 amide bonds. The maximum atomic E-state index is 12.6. The maximum Gasteiger partial charge on any atom is 0.273 e. The fourth-order valence-corrected chi connectivity index (χ4v) is 3.09. The molecule has 3 aromatic rings. The number of aliphatic hydroxyl groups excluding tert-OH is 1. The largest absolute Gasteiger partial charge is 0.494 e. The number of para-hydroxylation sites is 1. The molecule has 0 saturated heterocycles. The van der Waals surface area contributed by atoms with E-state index in [2.05, 4.69) is 31.0 Å². The van der Waals surface area contributed by atoms with Gasteiger partial charge in [-0.2, -0.15) is 4.98 Å². The SMILES string of the molecule is [2H]C([2H])([2H])NC(=O)c1nnc(NC(=O)C2CC2)cc1Nc1cccc(-c2noc(CCO)n2)c1OC. The molecule has 4 N–H and O–H groups in total. The number of hydrogen-bond acceptors (Lipinski definition) is 10. The second-order valence-corrected chi connectivity index (χ2v) is 7.21. The first-order valence-electron chi connectivity index (χ1n) is 11.6. The summed E-state index contributed by atoms with van der Waals surface area (Å²) in [5.41, 5.74) is 0.572. The molecular formula is C21H23N7O5. The first kappa shape index (κ1) is 18.5. The van der Waals surface area contributed by atoms with Gasteiger partial charge in [-0.1, -0.05) is 11.2 Å². The smallest absolute Gasteiger partial charge is 0.273 e. The summed E-state index contributed by atoms with van der Waals surface area (Å²) in [6, 6.07) is 6.38. The normalized spacial score (nSPS) is 14.5. The van der Waals surface area contributed by atoms with Crippen molar-refractivity contribution in [2.24, 2.45) is 5.92 Å². The zero-order chi connectivity index (χ0) is 25.9. The highest BCUT2D eigenvalue weighted by molar-refractivity contribution is 6.00. The molecule has 1 aromatic carbocycles. The molecule has 0 unspecified atom stereocenters. The summed E-state index contributed by atoms with van der Waals surface area (Å²) in [4.78, 5) is 29.1. The summed E-state index contributed by atoms with van der Waals surface area (Å²) in [6.07, 6.45) is 1.75. The third-order valence-electron chi connectivity index (χ3n) is 4.85. The summed E-state index contributed by atoms with van der Waals surface area (Å²) < 4.78 is 32.7. The Morgan fingerprint density at radius 3 is 2.88 bits per heavy atom. The van der Waals surface area contributed by atoms with Crippen molar-refractivity contribution in [3.8, 4) is 17.1 Å². The average molecular weight is 456 g/mol. The minimum atomic E-state index is -2.75. The fraction of sp³-hybridized carbons (Fsp3) is 0.333. The van der Waals surface area contributed by atoms with Gasteiger partial charge in [-0.05, 0) is 25.0 Å². The van der Waals surface area contributed by atoms with E-state index in [1.165, 1.54) is 13.2 Å². The lowest BCUT2D eigenvalue weighted by Gasteiger charge is -2.16. The van der Waals surface area contributed by atoms with E-state index < -0.39 is 12.9 Å². The van der Waals surface area contributed by atoms with E-state index in [1.807, 2.05) is 5.32 Å². The number of hydrogen-bond donors (Lipinski definition) is 4. The highest BCUT2D eigenvalue weighted by Gasteiger charge is 2.30. The Bertz CT molecular complexity index is 1280. The average Bonchev–Trinajstić information content (AvgIpc) is 3.57. The molecule has 2 heterocycles. The Labute approximate surface area is 193 Å². The number of carbonyl (C=O) groups excluding carboxylic acids is 2. The molecule has 0 bridgehead atoms. The number of methoxy groups -OCH3 is 1. The number of ether oxygens (including phenoxy) is 1. The van der Waals surface area contributed by atoms with Crippen LogP contribution in [-0.2, 0) is 11.2 Å². The number of amides is 2. The van der Waals surface area contributed by atoms with Crippen molar-refractivity contribution in [2.45, 2.75) is 19.3 Å². The highest BCUT2D eigenvalue weighted by atomic mass is 16.5. The maximum absolute atomic E-state index is 12.6. The molecule has 1 aliphatic carbocycles. The van der Waals surface area contributed by atoms with Gasteiger partial charge < -0.3 is 30.3 Å². The summed E-state index contributed by atoms with van der Waals surface area (Å²) in [5, 5.41) is 28.3. The van der Waals surface area contributed by atoms with E-state index in [0.29, 0.717) is 11.3 Å². The van der Waals surface area contributed by atoms with E-state index in [0.717, 1.165) is 12.8 Å². The molecule has 1 fully saturated rings. The van der Waals surface area contributed by atoms with Crippen LogP contribution in [0.4, 0.5) is 17.2 Å². The van der Waals surface area contributed by atoms with Gasteiger partial charge in [-0.15, -0.1) is 10.2 Å². The van der Waals surface area contributed by atoms with Gasteiger partial charge in [0.1, 0.15) is 0 Å². The summed E-state index contributed by atoms with van der Waals surface area (Å²) in [7, 11) is 1.42. The first-order valence-corrected chi connectivity index (χ1v) is 10.1. The van der Waals surface area contributed by atoms with Gasteiger partial charge in [-0.3, -0.25) is 9.59 Å². The van der Waals surface area contributed by atoms with Crippen LogP contribution in [0.5, 0.6) is 5.75 Å². The number of benzene rings is 1. The molecule has 1 saturated carbocycles. The molecule has 12 nitrogen and oxygen atoms in total. The molecule has 2 aromatic heterocycles. The zero-order valence-corrected chi connectivity index (χ0v) is 17.6. The molecule has 0 atom stereocenters. The lowest BCUT2D eigenvalue weighted by atomic mass is 10.1. The summed E-state index contributed by atoms with van der Waals surface area (Å²) >= 11 is 0. The second-order valence-electron chi connectivity index (χ2n) is 7.21. The quantitative estimate of drug-likeness (QED) is 0.371. The highest BCUT2D eigenvalue weighted by Crippen LogP contribution is 2.37. The van der Waals surface area contributed by atoms with Gasteiger partial charge in [0.15, 0.2) is 17.3 Å². The molecule has 4 rings (SSSR count). The van der Waals surface area contributed by atoms with E-state index >= 15 is 0 Å². The van der Waals surface area contributed by atoms with Crippen molar-refractivity contribution >= 4 is 29.0 Å². The van der Waals surface area contributed by atoms with Crippen molar-refractivity contribution < 1.29 is 28.1 Å². The first-order chi connectivity index (χ1) is 17.2. The lowest BCUT2D eigenvalue weighted by molar-refractivity contribution is -0.117. The van der Waals surface area contributed by atoms with Crippen LogP contribution in [0.3, 0.4) is 0 Å². The molecule has 12 heteroatoms. The number of nitrogens with one attached hydrogen (secondary N) is 3. The molecular weight excluding hydrogens is 430 g/mol. The third kappa shape index (κ3) is 4.90. The van der Waals surface area contributed by atoms with Gasteiger partial charge in [0.25, 0.3) is 5.91 Å². The standard InChI is InChI=1S/C21H23N7O5/c1-22-21(31)17-14(10-15(26-27-17)24-20(30)11-6-7-11)23-13-5-3-4-12(18(13)32-2)19-25-16(8-9-29)33-28-19/h3-5,10-11,29H,6-9H2,1-2H3,(H,22,31)(H2,23,24,26,30)/i1D3. The van der Waals surface area contributed by atoms with Crippen molar-refractivity contribution in [1.82, 2.24) is 25.7 Å². The van der Waals surface area contributed by atoms with Crippen LogP contribution in [0.25, 0.3) is 11.4 Å². The van der Waals surface area contributed by atoms with Crippen molar-refractivity contribution in [2.75, 3.05) is 31.3 Å². The third-order valence-corrected chi connectivity index (χ3v) is 4.85. The molecule has 172 valence electrons. The van der Waals surface area contributed by atoms with E-state index in [9.17, 15) is 9.59 Å². The van der Waals surface area contributed by atoms with Crippen LogP contribution in [0.15, 0.2) is 28.8 Å². The lowest BCUT2D eigenvalue weighted by Crippen LogP contribution is -2.22. The Morgan fingerprint density at radius 1 is 1.30 bits per heavy atom. The number of carbonyl (C=O) groups is 2. The van der Waals surface area contributed by atoms with Gasteiger partial charge in [0.2, 0.25) is 17.6 Å². The van der Waals surface area contributed by atoms with E-state index in [1.54, 1.807) is 18.2 Å². The van der Waals surface area contributed by atoms with Crippen LogP contribution in [-0.4, -0.2) is 58.0 Å². The second kappa shape index (κ2) is 9.61. The molecule has 0 spiro atoms. The summed E-state index contributed by atoms with van der Waals surface area (Å²) in [5.74, 6) is -0.477. The van der Waals surface area contributed by atoms with Gasteiger partial charge in [0, 0.05) is 23.1 Å². The number of aliphatic hydroxyl groups is 1.